The molecule has 0 bridgehead atoms. The molecule has 3 rings (SSSR count). The van der Waals surface area contributed by atoms with E-state index in [2.05, 4.69) is 29.7 Å². The third kappa shape index (κ3) is 4.46. The first-order valence-electron chi connectivity index (χ1n) is 9.37. The van der Waals surface area contributed by atoms with E-state index < -0.39 is 13.7 Å². The summed E-state index contributed by atoms with van der Waals surface area (Å²) in [5.41, 5.74) is -0.0635. The molecule has 1 amide bonds. The Bertz CT molecular complexity index is 867. The van der Waals surface area contributed by atoms with Crippen molar-refractivity contribution >= 4 is 25.6 Å². The predicted octanol–water partition coefficient (Wildman–Crippen LogP) is 2.96. The molecular weight excluding hydrogens is 396 g/mol. The van der Waals surface area contributed by atoms with E-state index in [4.69, 9.17) is 16.3 Å². The van der Waals surface area contributed by atoms with E-state index in [1.807, 2.05) is 0 Å². The summed E-state index contributed by atoms with van der Waals surface area (Å²) in [4.78, 5) is 18.4. The maximum Gasteiger partial charge on any atom is 0.260 e. The Kier molecular flexibility index (Phi) is 5.95. The first-order valence-corrected chi connectivity index (χ1v) is 13.5. The van der Waals surface area contributed by atoms with Crippen LogP contribution in [0.15, 0.2) is 24.3 Å². The highest BCUT2D eigenvalue weighted by molar-refractivity contribution is 6.76. The van der Waals surface area contributed by atoms with Crippen molar-refractivity contribution in [3.05, 3.63) is 35.1 Å². The summed E-state index contributed by atoms with van der Waals surface area (Å²) in [5.74, 6) is -0.332. The van der Waals surface area contributed by atoms with Gasteiger partial charge in [-0.05, 0) is 24.2 Å². The van der Waals surface area contributed by atoms with Crippen LogP contribution in [0.4, 0.5) is 0 Å². The molecule has 28 heavy (non-hydrogen) atoms. The van der Waals surface area contributed by atoms with Gasteiger partial charge in [-0.1, -0.05) is 37.3 Å². The monoisotopic (exact) mass is 422 g/mol. The summed E-state index contributed by atoms with van der Waals surface area (Å²) in [5, 5.41) is 16.0. The molecule has 0 aromatic carbocycles. The first-order chi connectivity index (χ1) is 13.1. The maximum atomic E-state index is 12.6. The molecule has 2 aromatic rings. The number of aromatic nitrogens is 3. The number of likely N-dealkylation sites (tertiary alicyclic amines) is 1. The van der Waals surface area contributed by atoms with Crippen LogP contribution in [0, 0.1) is 0 Å². The zero-order valence-corrected chi connectivity index (χ0v) is 18.5. The molecule has 7 nitrogen and oxygen atoms in total. The molecule has 1 unspecified atom stereocenters. The smallest absolute Gasteiger partial charge is 0.260 e. The average molecular weight is 423 g/mol. The van der Waals surface area contributed by atoms with Crippen LogP contribution in [0.25, 0.3) is 11.4 Å². The van der Waals surface area contributed by atoms with E-state index in [-0.39, 0.29) is 12.6 Å². The molecular formula is C19H27ClN4O3Si. The van der Waals surface area contributed by atoms with Crippen LogP contribution >= 0.6 is 11.6 Å². The third-order valence-corrected chi connectivity index (χ3v) is 6.82. The molecule has 2 aromatic heterocycles. The fourth-order valence-electron chi connectivity index (χ4n) is 3.14. The normalized spacial score (nSPS) is 20.2. The number of aliphatic hydroxyl groups is 1. The van der Waals surface area contributed by atoms with E-state index >= 15 is 0 Å². The van der Waals surface area contributed by atoms with Crippen molar-refractivity contribution in [1.82, 2.24) is 19.7 Å². The Morgan fingerprint density at radius 3 is 2.68 bits per heavy atom. The lowest BCUT2D eigenvalue weighted by atomic mass is 9.97. The highest BCUT2D eigenvalue weighted by atomic mass is 35.5. The SMILES string of the molecule is CN1CCC(O)(c2cc(-c3cccc(Cl)n3)nn2COCC[Si](C)(C)C)C1=O. The molecule has 1 aliphatic rings. The average Bonchev–Trinajstić information content (AvgIpc) is 3.16. The van der Waals surface area contributed by atoms with Crippen molar-refractivity contribution in [2.75, 3.05) is 20.2 Å². The Morgan fingerprint density at radius 1 is 1.32 bits per heavy atom. The van der Waals surface area contributed by atoms with Crippen molar-refractivity contribution in [1.29, 1.82) is 0 Å². The van der Waals surface area contributed by atoms with Gasteiger partial charge in [0.05, 0.1) is 11.4 Å². The van der Waals surface area contributed by atoms with Gasteiger partial charge in [0.15, 0.2) is 5.60 Å². The van der Waals surface area contributed by atoms with Gasteiger partial charge < -0.3 is 14.7 Å². The second-order valence-electron chi connectivity index (χ2n) is 8.44. The molecule has 0 saturated carbocycles. The van der Waals surface area contributed by atoms with Crippen molar-refractivity contribution < 1.29 is 14.6 Å². The lowest BCUT2D eigenvalue weighted by Crippen LogP contribution is -2.38. The fourth-order valence-corrected chi connectivity index (χ4v) is 4.07. The predicted molar refractivity (Wildman–Crippen MR) is 111 cm³/mol. The van der Waals surface area contributed by atoms with Gasteiger partial charge in [0, 0.05) is 34.7 Å². The molecule has 1 saturated heterocycles. The third-order valence-electron chi connectivity index (χ3n) is 4.90. The van der Waals surface area contributed by atoms with Gasteiger partial charge in [-0.2, -0.15) is 5.10 Å². The highest BCUT2D eigenvalue weighted by Crippen LogP contribution is 2.34. The minimum Gasteiger partial charge on any atom is -0.374 e. The number of carbonyl (C=O) groups excluding carboxylic acids is 1. The quantitative estimate of drug-likeness (QED) is 0.421. The molecule has 1 aliphatic heterocycles. The number of hydrogen-bond donors (Lipinski definition) is 1. The first kappa shape index (κ1) is 21.0. The van der Waals surface area contributed by atoms with Crippen molar-refractivity contribution in [2.45, 2.75) is 44.4 Å². The Balaban J connectivity index is 1.91. The lowest BCUT2D eigenvalue weighted by molar-refractivity contribution is -0.143. The van der Waals surface area contributed by atoms with Crippen LogP contribution in [0.2, 0.25) is 30.8 Å². The van der Waals surface area contributed by atoms with Crippen molar-refractivity contribution in [2.24, 2.45) is 0 Å². The molecule has 152 valence electrons. The number of ether oxygens (including phenoxy) is 1. The number of halogens is 1. The molecule has 9 heteroatoms. The van der Waals surface area contributed by atoms with E-state index in [0.29, 0.717) is 41.8 Å². The van der Waals surface area contributed by atoms with Gasteiger partial charge in [-0.15, -0.1) is 0 Å². The number of pyridine rings is 1. The molecule has 1 fully saturated rings. The van der Waals surface area contributed by atoms with E-state index in [1.165, 1.54) is 4.90 Å². The molecule has 1 atom stereocenters. The van der Waals surface area contributed by atoms with Crippen molar-refractivity contribution in [3.8, 4) is 11.4 Å². The number of carbonyl (C=O) groups is 1. The fraction of sp³-hybridized carbons (Fsp3) is 0.526. The Morgan fingerprint density at radius 2 is 2.07 bits per heavy atom. The van der Waals surface area contributed by atoms with Crippen LogP contribution in [0.3, 0.4) is 0 Å². The van der Waals surface area contributed by atoms with E-state index in [1.54, 1.807) is 36.0 Å². The number of rotatable bonds is 7. The van der Waals surface area contributed by atoms with Gasteiger partial charge in [-0.3, -0.25) is 4.79 Å². The van der Waals surface area contributed by atoms with Gasteiger partial charge in [-0.25, -0.2) is 9.67 Å². The zero-order valence-electron chi connectivity index (χ0n) is 16.8. The van der Waals surface area contributed by atoms with Crippen LogP contribution in [0.5, 0.6) is 0 Å². The Labute approximate surface area is 171 Å². The molecule has 3 heterocycles. The second kappa shape index (κ2) is 7.94. The molecule has 1 N–H and O–H groups in total. The van der Waals surface area contributed by atoms with Gasteiger partial charge in [0.1, 0.15) is 17.6 Å². The number of hydrogen-bond acceptors (Lipinski definition) is 5. The number of likely N-dealkylation sites (N-methyl/N-ethyl adjacent to an activating group) is 1. The summed E-state index contributed by atoms with van der Waals surface area (Å²) >= 11 is 6.01. The largest absolute Gasteiger partial charge is 0.374 e. The number of amides is 1. The molecule has 0 radical (unpaired) electrons. The minimum absolute atomic E-state index is 0.166. The van der Waals surface area contributed by atoms with E-state index in [0.717, 1.165) is 6.04 Å². The summed E-state index contributed by atoms with van der Waals surface area (Å²) in [7, 11) is 0.473. The standard InChI is InChI=1S/C19H27ClN4O3Si/c1-23-9-8-19(26,18(23)25)16-12-15(14-6-5-7-17(20)21-14)22-24(16)13-27-10-11-28(2,3)4/h5-7,12,26H,8-11,13H2,1-4H3. The van der Waals surface area contributed by atoms with Crippen LogP contribution < -0.4 is 0 Å². The Hall–Kier alpha value is -1.74. The van der Waals surface area contributed by atoms with Crippen LogP contribution in [-0.4, -0.2) is 59.0 Å². The molecule has 0 aliphatic carbocycles. The maximum absolute atomic E-state index is 12.6. The van der Waals surface area contributed by atoms with Gasteiger partial charge in [0.25, 0.3) is 5.91 Å². The van der Waals surface area contributed by atoms with Gasteiger partial charge in [0.2, 0.25) is 0 Å². The minimum atomic E-state index is -1.61. The summed E-state index contributed by atoms with van der Waals surface area (Å²) < 4.78 is 7.40. The van der Waals surface area contributed by atoms with Crippen LogP contribution in [-0.2, 0) is 21.9 Å². The number of nitrogens with zero attached hydrogens (tertiary/aromatic N) is 4. The van der Waals surface area contributed by atoms with Crippen molar-refractivity contribution in [3.63, 3.8) is 0 Å². The summed E-state index contributed by atoms with van der Waals surface area (Å²) in [6.45, 7) is 8.13. The highest BCUT2D eigenvalue weighted by Gasteiger charge is 2.47. The van der Waals surface area contributed by atoms with E-state index in [9.17, 15) is 9.90 Å². The summed E-state index contributed by atoms with van der Waals surface area (Å²) in [6.07, 6.45) is 0.311. The van der Waals surface area contributed by atoms with Gasteiger partial charge >= 0.3 is 0 Å². The topological polar surface area (TPSA) is 80.5 Å². The summed E-state index contributed by atoms with van der Waals surface area (Å²) in [6, 6.07) is 8.00. The zero-order chi connectivity index (χ0) is 20.5. The molecule has 0 spiro atoms. The van der Waals surface area contributed by atoms with Crippen LogP contribution in [0.1, 0.15) is 12.1 Å². The second-order valence-corrected chi connectivity index (χ2v) is 14.5. The lowest BCUT2D eigenvalue weighted by Gasteiger charge is -2.22.